The number of urea groups is 1. The van der Waals surface area contributed by atoms with Crippen LogP contribution in [0.2, 0.25) is 0 Å². The number of nitrogens with one attached hydrogen (secondary N) is 2. The highest BCUT2D eigenvalue weighted by Crippen LogP contribution is 2.30. The molecule has 2 N–H and O–H groups in total. The molecule has 0 radical (unpaired) electrons. The number of benzene rings is 3. The van der Waals surface area contributed by atoms with Gasteiger partial charge in [0.1, 0.15) is 24.4 Å². The predicted molar refractivity (Wildman–Crippen MR) is 127 cm³/mol. The lowest BCUT2D eigenvalue weighted by atomic mass is 9.92. The van der Waals surface area contributed by atoms with E-state index in [0.29, 0.717) is 23.6 Å². The topological polar surface area (TPSA) is 87.7 Å². The van der Waals surface area contributed by atoms with E-state index in [1.807, 2.05) is 43.3 Å². The lowest BCUT2D eigenvalue weighted by Gasteiger charge is -2.22. The molecule has 168 valence electrons. The van der Waals surface area contributed by atoms with Crippen LogP contribution >= 0.6 is 0 Å². The smallest absolute Gasteiger partial charge is 0.325 e. The Labute approximate surface area is 192 Å². The number of amides is 4. The molecule has 0 saturated carbocycles. The molecule has 1 aliphatic rings. The fourth-order valence-corrected chi connectivity index (χ4v) is 3.79. The highest BCUT2D eigenvalue weighted by Gasteiger charge is 2.49. The van der Waals surface area contributed by atoms with Crippen molar-refractivity contribution in [3.63, 3.8) is 0 Å². The molecule has 0 aromatic heterocycles. The van der Waals surface area contributed by atoms with Gasteiger partial charge in [-0.2, -0.15) is 0 Å². The molecule has 0 bridgehead atoms. The zero-order valence-corrected chi connectivity index (χ0v) is 18.6. The molecule has 33 heavy (non-hydrogen) atoms. The highest BCUT2D eigenvalue weighted by atomic mass is 16.5. The van der Waals surface area contributed by atoms with E-state index in [1.54, 1.807) is 37.3 Å². The standard InChI is InChI=1S/C26H25N3O4/c1-17(2)16-33-20-13-11-19(12-14-20)26(3)24(31)29(25(32)28-26)15-23(30)27-22-10-6-8-18-7-4-5-9-21(18)22/h4-14H,1,15-16H2,2-3H3,(H,27,30)(H,28,32). The van der Waals surface area contributed by atoms with Crippen LogP contribution in [0, 0.1) is 0 Å². The van der Waals surface area contributed by atoms with Gasteiger partial charge >= 0.3 is 6.03 Å². The number of rotatable bonds is 7. The van der Waals surface area contributed by atoms with Crippen LogP contribution in [0.25, 0.3) is 10.8 Å². The zero-order valence-electron chi connectivity index (χ0n) is 18.6. The Balaban J connectivity index is 1.47. The van der Waals surface area contributed by atoms with Crippen LogP contribution in [0.1, 0.15) is 19.4 Å². The van der Waals surface area contributed by atoms with Crippen LogP contribution in [-0.4, -0.2) is 35.9 Å². The van der Waals surface area contributed by atoms with Crippen molar-refractivity contribution in [2.24, 2.45) is 0 Å². The number of hydrogen-bond acceptors (Lipinski definition) is 4. The minimum Gasteiger partial charge on any atom is -0.489 e. The van der Waals surface area contributed by atoms with Crippen LogP contribution in [0.4, 0.5) is 10.5 Å². The Bertz CT molecular complexity index is 1250. The third-order valence-corrected chi connectivity index (χ3v) is 5.56. The first-order valence-corrected chi connectivity index (χ1v) is 10.6. The number of hydrogen-bond donors (Lipinski definition) is 2. The van der Waals surface area contributed by atoms with E-state index in [2.05, 4.69) is 17.2 Å². The first-order chi connectivity index (χ1) is 15.8. The third-order valence-electron chi connectivity index (χ3n) is 5.56. The fourth-order valence-electron chi connectivity index (χ4n) is 3.79. The van der Waals surface area contributed by atoms with Gasteiger partial charge in [0.2, 0.25) is 5.91 Å². The molecule has 7 nitrogen and oxygen atoms in total. The van der Waals surface area contributed by atoms with Crippen molar-refractivity contribution in [2.45, 2.75) is 19.4 Å². The number of imide groups is 1. The second-order valence-corrected chi connectivity index (χ2v) is 8.29. The summed E-state index contributed by atoms with van der Waals surface area (Å²) in [6.07, 6.45) is 0. The van der Waals surface area contributed by atoms with Gasteiger partial charge in [-0.25, -0.2) is 4.79 Å². The van der Waals surface area contributed by atoms with E-state index < -0.39 is 23.4 Å². The van der Waals surface area contributed by atoms with Gasteiger partial charge in [0.15, 0.2) is 0 Å². The summed E-state index contributed by atoms with van der Waals surface area (Å²) in [6.45, 7) is 7.30. The molecule has 1 aliphatic heterocycles. The first-order valence-electron chi connectivity index (χ1n) is 10.6. The SMILES string of the molecule is C=C(C)COc1ccc(C2(C)NC(=O)N(CC(=O)Nc3cccc4ccccc34)C2=O)cc1. The Hall–Kier alpha value is -4.13. The molecule has 1 unspecified atom stereocenters. The second-order valence-electron chi connectivity index (χ2n) is 8.29. The van der Waals surface area contributed by atoms with Gasteiger partial charge in [0.05, 0.1) is 0 Å². The molecular weight excluding hydrogens is 418 g/mol. The van der Waals surface area contributed by atoms with Crippen LogP contribution < -0.4 is 15.4 Å². The van der Waals surface area contributed by atoms with Crippen LogP contribution in [0.5, 0.6) is 5.75 Å². The molecule has 4 rings (SSSR count). The molecule has 7 heteroatoms. The van der Waals surface area contributed by atoms with Crippen molar-refractivity contribution in [3.8, 4) is 5.75 Å². The van der Waals surface area contributed by atoms with Gasteiger partial charge < -0.3 is 15.4 Å². The summed E-state index contributed by atoms with van der Waals surface area (Å²) in [7, 11) is 0. The summed E-state index contributed by atoms with van der Waals surface area (Å²) >= 11 is 0. The molecule has 1 atom stereocenters. The average Bonchev–Trinajstić information content (AvgIpc) is 3.02. The molecular formula is C26H25N3O4. The van der Waals surface area contributed by atoms with Crippen molar-refractivity contribution in [2.75, 3.05) is 18.5 Å². The summed E-state index contributed by atoms with van der Waals surface area (Å²) < 4.78 is 5.59. The van der Waals surface area contributed by atoms with Crippen LogP contribution in [0.15, 0.2) is 78.9 Å². The van der Waals surface area contributed by atoms with Gasteiger partial charge in [-0.15, -0.1) is 0 Å². The molecule has 1 heterocycles. The molecule has 4 amide bonds. The predicted octanol–water partition coefficient (Wildman–Crippen LogP) is 4.20. The summed E-state index contributed by atoms with van der Waals surface area (Å²) in [5.41, 5.74) is 0.837. The lowest BCUT2D eigenvalue weighted by molar-refractivity contribution is -0.133. The number of ether oxygens (including phenoxy) is 1. The third kappa shape index (κ3) is 4.43. The van der Waals surface area contributed by atoms with Crippen LogP contribution in [-0.2, 0) is 15.1 Å². The highest BCUT2D eigenvalue weighted by molar-refractivity contribution is 6.11. The molecule has 1 saturated heterocycles. The van der Waals surface area contributed by atoms with Gasteiger partial charge in [-0.3, -0.25) is 14.5 Å². The number of fused-ring (bicyclic) bond motifs is 1. The Kier molecular flexibility index (Phi) is 5.87. The normalized spacial score (nSPS) is 17.7. The summed E-state index contributed by atoms with van der Waals surface area (Å²) in [5, 5.41) is 7.39. The van der Waals surface area contributed by atoms with Crippen molar-refractivity contribution < 1.29 is 19.1 Å². The van der Waals surface area contributed by atoms with Crippen LogP contribution in [0.3, 0.4) is 0 Å². The number of anilines is 1. The van der Waals surface area contributed by atoms with Crippen molar-refractivity contribution in [3.05, 3.63) is 84.4 Å². The van der Waals surface area contributed by atoms with Gasteiger partial charge in [0.25, 0.3) is 5.91 Å². The van der Waals surface area contributed by atoms with E-state index >= 15 is 0 Å². The summed E-state index contributed by atoms with van der Waals surface area (Å²) in [6, 6.07) is 19.5. The number of nitrogens with zero attached hydrogens (tertiary/aromatic N) is 1. The van der Waals surface area contributed by atoms with Crippen molar-refractivity contribution in [1.82, 2.24) is 10.2 Å². The van der Waals surface area contributed by atoms with E-state index in [4.69, 9.17) is 4.74 Å². The summed E-state index contributed by atoms with van der Waals surface area (Å²) in [5.74, 6) is -0.313. The zero-order chi connectivity index (χ0) is 23.6. The van der Waals surface area contributed by atoms with Gasteiger partial charge in [0, 0.05) is 11.1 Å². The Morgan fingerprint density at radius 2 is 1.76 bits per heavy atom. The number of carbonyl (C=O) groups excluding carboxylic acids is 3. The molecule has 1 fully saturated rings. The quantitative estimate of drug-likeness (QED) is 0.423. The minimum atomic E-state index is -1.27. The fraction of sp³-hybridized carbons (Fsp3) is 0.192. The average molecular weight is 444 g/mol. The monoisotopic (exact) mass is 443 g/mol. The van der Waals surface area contributed by atoms with E-state index in [1.165, 1.54) is 0 Å². The number of carbonyl (C=O) groups is 3. The van der Waals surface area contributed by atoms with Gasteiger partial charge in [-0.05, 0) is 48.6 Å². The largest absolute Gasteiger partial charge is 0.489 e. The van der Waals surface area contributed by atoms with Crippen molar-refractivity contribution >= 4 is 34.3 Å². The Morgan fingerprint density at radius 3 is 2.48 bits per heavy atom. The maximum Gasteiger partial charge on any atom is 0.325 e. The first kappa shape index (κ1) is 22.1. The molecule has 3 aromatic carbocycles. The molecule has 0 spiro atoms. The lowest BCUT2D eigenvalue weighted by Crippen LogP contribution is -2.42. The van der Waals surface area contributed by atoms with E-state index in [0.717, 1.165) is 21.2 Å². The van der Waals surface area contributed by atoms with Crippen molar-refractivity contribution in [1.29, 1.82) is 0 Å². The van der Waals surface area contributed by atoms with Gasteiger partial charge in [-0.1, -0.05) is 55.1 Å². The molecule has 3 aromatic rings. The maximum atomic E-state index is 13.2. The Morgan fingerprint density at radius 1 is 1.06 bits per heavy atom. The van der Waals surface area contributed by atoms with E-state index in [-0.39, 0.29) is 6.54 Å². The molecule has 0 aliphatic carbocycles. The second kappa shape index (κ2) is 8.78. The minimum absolute atomic E-state index is 0.386. The maximum absolute atomic E-state index is 13.2. The summed E-state index contributed by atoms with van der Waals surface area (Å²) in [4.78, 5) is 39.4. The van der Waals surface area contributed by atoms with E-state index in [9.17, 15) is 14.4 Å².